The number of alkyl halides is 3. The van der Waals surface area contributed by atoms with Gasteiger partial charge in [0.15, 0.2) is 0 Å². The molecule has 4 rings (SSSR count). The molecule has 28 heavy (non-hydrogen) atoms. The number of nitrogens with one attached hydrogen (secondary N) is 1. The molecule has 0 amide bonds. The summed E-state index contributed by atoms with van der Waals surface area (Å²) in [6, 6.07) is 6.55. The highest BCUT2D eigenvalue weighted by molar-refractivity contribution is 5.57. The van der Waals surface area contributed by atoms with Gasteiger partial charge in [0.1, 0.15) is 17.2 Å². The molecule has 0 radical (unpaired) electrons. The highest BCUT2D eigenvalue weighted by Crippen LogP contribution is 2.39. The van der Waals surface area contributed by atoms with Crippen LogP contribution in [0.15, 0.2) is 35.1 Å². The standard InChI is InChI=1S/C19H18F3N5O/c1-11-23-14(10-16(28)24-11)17-15-4-3-9-18(2,27(15)26-25-17)12-5-7-13(8-6-12)19(20,21)22/h5-8,10H,3-4,9H2,1-2H3,(H,23,24,28). The Hall–Kier alpha value is -2.97. The van der Waals surface area contributed by atoms with Gasteiger partial charge in [-0.15, -0.1) is 5.10 Å². The number of aromatic nitrogens is 5. The number of fused-ring (bicyclic) bond motifs is 1. The highest BCUT2D eigenvalue weighted by atomic mass is 19.4. The van der Waals surface area contributed by atoms with Crippen molar-refractivity contribution in [3.8, 4) is 11.4 Å². The molecule has 146 valence electrons. The minimum Gasteiger partial charge on any atom is -0.311 e. The normalized spacial score (nSPS) is 19.5. The summed E-state index contributed by atoms with van der Waals surface area (Å²) in [5, 5.41) is 8.53. The molecule has 1 aliphatic heterocycles. The number of H-pyrrole nitrogens is 1. The van der Waals surface area contributed by atoms with Gasteiger partial charge in [-0.1, -0.05) is 17.3 Å². The zero-order chi connectivity index (χ0) is 20.1. The third-order valence-corrected chi connectivity index (χ3v) is 5.24. The average molecular weight is 389 g/mol. The molecule has 9 heteroatoms. The van der Waals surface area contributed by atoms with E-state index in [0.29, 0.717) is 23.6 Å². The number of aryl methyl sites for hydroxylation is 1. The van der Waals surface area contributed by atoms with Crippen LogP contribution in [0.25, 0.3) is 11.4 Å². The number of halogens is 3. The molecule has 1 atom stereocenters. The van der Waals surface area contributed by atoms with Crippen LogP contribution in [-0.2, 0) is 18.1 Å². The van der Waals surface area contributed by atoms with E-state index < -0.39 is 17.3 Å². The van der Waals surface area contributed by atoms with Crippen LogP contribution in [0.2, 0.25) is 0 Å². The Bertz CT molecular complexity index is 1080. The fourth-order valence-corrected chi connectivity index (χ4v) is 3.81. The molecule has 2 aromatic heterocycles. The van der Waals surface area contributed by atoms with Crippen molar-refractivity contribution in [2.75, 3.05) is 0 Å². The maximum atomic E-state index is 12.9. The van der Waals surface area contributed by atoms with Crippen molar-refractivity contribution in [1.82, 2.24) is 25.0 Å². The van der Waals surface area contributed by atoms with Crippen molar-refractivity contribution < 1.29 is 13.2 Å². The van der Waals surface area contributed by atoms with E-state index in [0.717, 1.165) is 36.2 Å². The first-order valence-corrected chi connectivity index (χ1v) is 8.89. The Kier molecular flexibility index (Phi) is 4.13. The third-order valence-electron chi connectivity index (χ3n) is 5.24. The molecule has 1 unspecified atom stereocenters. The SMILES string of the molecule is Cc1nc(-c2nnn3c2CCCC3(C)c2ccc(C(F)(F)F)cc2)cc(=O)[nH]1. The molecule has 1 N–H and O–H groups in total. The van der Waals surface area contributed by atoms with Crippen LogP contribution in [0.4, 0.5) is 13.2 Å². The molecule has 0 aliphatic carbocycles. The summed E-state index contributed by atoms with van der Waals surface area (Å²) in [6.07, 6.45) is -2.14. The smallest absolute Gasteiger partial charge is 0.311 e. The van der Waals surface area contributed by atoms with Gasteiger partial charge >= 0.3 is 6.18 Å². The predicted molar refractivity (Wildman–Crippen MR) is 95.7 cm³/mol. The molecular formula is C19H18F3N5O. The summed E-state index contributed by atoms with van der Waals surface area (Å²) in [5.41, 5.74) is 0.952. The van der Waals surface area contributed by atoms with Crippen LogP contribution in [0.5, 0.6) is 0 Å². The van der Waals surface area contributed by atoms with Crippen LogP contribution in [-0.4, -0.2) is 25.0 Å². The largest absolute Gasteiger partial charge is 0.416 e. The summed E-state index contributed by atoms with van der Waals surface area (Å²) < 4.78 is 40.4. The Morgan fingerprint density at radius 3 is 2.57 bits per heavy atom. The van der Waals surface area contributed by atoms with E-state index in [2.05, 4.69) is 20.3 Å². The van der Waals surface area contributed by atoms with Gasteiger partial charge in [-0.3, -0.25) is 4.79 Å². The van der Waals surface area contributed by atoms with Crippen molar-refractivity contribution >= 4 is 0 Å². The lowest BCUT2D eigenvalue weighted by Crippen LogP contribution is -2.37. The Morgan fingerprint density at radius 1 is 1.21 bits per heavy atom. The van der Waals surface area contributed by atoms with Crippen molar-refractivity contribution in [3.05, 3.63) is 63.3 Å². The zero-order valence-electron chi connectivity index (χ0n) is 15.3. The molecule has 0 spiro atoms. The van der Waals surface area contributed by atoms with Crippen molar-refractivity contribution in [1.29, 1.82) is 0 Å². The minimum atomic E-state index is -4.37. The van der Waals surface area contributed by atoms with Gasteiger partial charge in [-0.05, 0) is 50.8 Å². The number of hydrogen-bond donors (Lipinski definition) is 1. The maximum Gasteiger partial charge on any atom is 0.416 e. The van der Waals surface area contributed by atoms with Gasteiger partial charge in [-0.2, -0.15) is 13.2 Å². The summed E-state index contributed by atoms with van der Waals surface area (Å²) >= 11 is 0. The molecule has 0 saturated carbocycles. The molecular weight excluding hydrogens is 371 g/mol. The summed E-state index contributed by atoms with van der Waals surface area (Å²) in [7, 11) is 0. The second-order valence-electron chi connectivity index (χ2n) is 7.22. The zero-order valence-corrected chi connectivity index (χ0v) is 15.3. The fourth-order valence-electron chi connectivity index (χ4n) is 3.81. The quantitative estimate of drug-likeness (QED) is 0.728. The number of benzene rings is 1. The van der Waals surface area contributed by atoms with E-state index in [1.165, 1.54) is 18.2 Å². The molecule has 1 aromatic carbocycles. The maximum absolute atomic E-state index is 12.9. The van der Waals surface area contributed by atoms with E-state index in [-0.39, 0.29) is 5.56 Å². The van der Waals surface area contributed by atoms with Crippen LogP contribution in [0.1, 0.15) is 42.4 Å². The third kappa shape index (κ3) is 3.00. The van der Waals surface area contributed by atoms with Crippen molar-refractivity contribution in [2.24, 2.45) is 0 Å². The number of rotatable bonds is 2. The number of hydrogen-bond acceptors (Lipinski definition) is 4. The van der Waals surface area contributed by atoms with E-state index >= 15 is 0 Å². The van der Waals surface area contributed by atoms with Crippen molar-refractivity contribution in [2.45, 2.75) is 44.8 Å². The summed E-state index contributed by atoms with van der Waals surface area (Å²) in [6.45, 7) is 3.63. The van der Waals surface area contributed by atoms with Crippen molar-refractivity contribution in [3.63, 3.8) is 0 Å². The first-order chi connectivity index (χ1) is 13.2. The van der Waals surface area contributed by atoms with Crippen LogP contribution >= 0.6 is 0 Å². The lowest BCUT2D eigenvalue weighted by Gasteiger charge is -2.35. The van der Waals surface area contributed by atoms with Crippen LogP contribution < -0.4 is 5.56 Å². The summed E-state index contributed by atoms with van der Waals surface area (Å²) in [4.78, 5) is 18.7. The molecule has 0 bridgehead atoms. The van der Waals surface area contributed by atoms with Gasteiger partial charge < -0.3 is 4.98 Å². The van der Waals surface area contributed by atoms with Gasteiger partial charge in [0.2, 0.25) is 0 Å². The molecule has 1 aliphatic rings. The summed E-state index contributed by atoms with van der Waals surface area (Å²) in [5.74, 6) is 0.477. The molecule has 6 nitrogen and oxygen atoms in total. The van der Waals surface area contributed by atoms with Gasteiger partial charge in [0.25, 0.3) is 5.56 Å². The Balaban J connectivity index is 1.79. The highest BCUT2D eigenvalue weighted by Gasteiger charge is 2.38. The molecule has 0 saturated heterocycles. The topological polar surface area (TPSA) is 76.5 Å². The molecule has 3 aromatic rings. The predicted octanol–water partition coefficient (Wildman–Crippen LogP) is 3.46. The Labute approximate surface area is 158 Å². The second-order valence-corrected chi connectivity index (χ2v) is 7.22. The molecule has 0 fully saturated rings. The van der Waals surface area contributed by atoms with Crippen LogP contribution in [0.3, 0.4) is 0 Å². The minimum absolute atomic E-state index is 0.273. The van der Waals surface area contributed by atoms with Gasteiger partial charge in [0.05, 0.1) is 16.8 Å². The van der Waals surface area contributed by atoms with E-state index in [1.54, 1.807) is 11.6 Å². The van der Waals surface area contributed by atoms with Crippen LogP contribution in [0, 0.1) is 6.92 Å². The van der Waals surface area contributed by atoms with E-state index in [9.17, 15) is 18.0 Å². The number of nitrogens with zero attached hydrogens (tertiary/aromatic N) is 4. The Morgan fingerprint density at radius 2 is 1.93 bits per heavy atom. The molecule has 3 heterocycles. The first-order valence-electron chi connectivity index (χ1n) is 8.89. The lowest BCUT2D eigenvalue weighted by atomic mass is 9.83. The van der Waals surface area contributed by atoms with E-state index in [1.807, 2.05) is 6.92 Å². The van der Waals surface area contributed by atoms with Gasteiger partial charge in [0, 0.05) is 6.07 Å². The fraction of sp³-hybridized carbons (Fsp3) is 0.368. The second kappa shape index (κ2) is 6.29. The first kappa shape index (κ1) is 18.4. The lowest BCUT2D eigenvalue weighted by molar-refractivity contribution is -0.137. The monoisotopic (exact) mass is 389 g/mol. The average Bonchev–Trinajstić information content (AvgIpc) is 3.06. The number of aromatic amines is 1. The van der Waals surface area contributed by atoms with Gasteiger partial charge in [-0.25, -0.2) is 9.67 Å². The van der Waals surface area contributed by atoms with E-state index in [4.69, 9.17) is 0 Å².